The Bertz CT molecular complexity index is 710. The maximum absolute atomic E-state index is 6.17. The van der Waals surface area contributed by atoms with Crippen LogP contribution < -0.4 is 5.73 Å². The van der Waals surface area contributed by atoms with Gasteiger partial charge in [0, 0.05) is 22.0 Å². The lowest BCUT2D eigenvalue weighted by molar-refractivity contribution is 0.720. The lowest BCUT2D eigenvalue weighted by Gasteiger charge is -2.07. The van der Waals surface area contributed by atoms with Crippen LogP contribution in [0.4, 0.5) is 5.69 Å². The SMILES string of the molecule is CCCCCc1c(N)ccc2c1[nH]c1ccccc12. The molecule has 0 bridgehead atoms. The second-order valence-corrected chi connectivity index (χ2v) is 5.18. The van der Waals surface area contributed by atoms with E-state index in [1.165, 1.54) is 46.6 Å². The van der Waals surface area contributed by atoms with Gasteiger partial charge in [-0.1, -0.05) is 44.0 Å². The number of rotatable bonds is 4. The number of anilines is 1. The first kappa shape index (κ1) is 12.1. The van der Waals surface area contributed by atoms with Crippen LogP contribution in [-0.2, 0) is 6.42 Å². The van der Waals surface area contributed by atoms with Crippen molar-refractivity contribution in [3.63, 3.8) is 0 Å². The second kappa shape index (κ2) is 4.96. The molecule has 1 heterocycles. The molecule has 98 valence electrons. The van der Waals surface area contributed by atoms with Crippen LogP contribution in [-0.4, -0.2) is 4.98 Å². The van der Waals surface area contributed by atoms with Crippen molar-refractivity contribution in [3.8, 4) is 0 Å². The second-order valence-electron chi connectivity index (χ2n) is 5.18. The third kappa shape index (κ3) is 2.07. The molecule has 2 nitrogen and oxygen atoms in total. The molecular weight excluding hydrogens is 232 g/mol. The first-order valence-electron chi connectivity index (χ1n) is 7.09. The van der Waals surface area contributed by atoms with Crippen molar-refractivity contribution in [1.29, 1.82) is 0 Å². The van der Waals surface area contributed by atoms with E-state index in [0.717, 1.165) is 12.1 Å². The van der Waals surface area contributed by atoms with Crippen LogP contribution in [0.3, 0.4) is 0 Å². The van der Waals surface area contributed by atoms with Crippen LogP contribution in [0.5, 0.6) is 0 Å². The zero-order chi connectivity index (χ0) is 13.2. The molecule has 0 aliphatic carbocycles. The van der Waals surface area contributed by atoms with Gasteiger partial charge in [-0.2, -0.15) is 0 Å². The van der Waals surface area contributed by atoms with Gasteiger partial charge in [-0.05, 0) is 30.5 Å². The fourth-order valence-corrected chi connectivity index (χ4v) is 2.81. The van der Waals surface area contributed by atoms with E-state index in [1.54, 1.807) is 0 Å². The Balaban J connectivity index is 2.16. The maximum Gasteiger partial charge on any atom is 0.0518 e. The Kier molecular flexibility index (Phi) is 3.16. The average Bonchev–Trinajstić information content (AvgIpc) is 2.80. The molecule has 0 aliphatic heterocycles. The van der Waals surface area contributed by atoms with Crippen molar-refractivity contribution < 1.29 is 0 Å². The van der Waals surface area contributed by atoms with E-state index in [0.29, 0.717) is 0 Å². The fourth-order valence-electron chi connectivity index (χ4n) is 2.81. The minimum absolute atomic E-state index is 0.912. The number of unbranched alkanes of at least 4 members (excludes halogenated alkanes) is 2. The third-order valence-corrected chi connectivity index (χ3v) is 3.86. The first-order valence-corrected chi connectivity index (χ1v) is 7.09. The molecule has 1 aromatic heterocycles. The lowest BCUT2D eigenvalue weighted by Crippen LogP contribution is -1.96. The van der Waals surface area contributed by atoms with E-state index in [1.807, 2.05) is 6.07 Å². The molecular formula is C17H20N2. The molecule has 0 atom stereocenters. The highest BCUT2D eigenvalue weighted by Gasteiger charge is 2.10. The normalized spacial score (nSPS) is 11.4. The molecule has 0 fully saturated rings. The Hall–Kier alpha value is -1.96. The highest BCUT2D eigenvalue weighted by molar-refractivity contribution is 6.09. The number of nitrogens with two attached hydrogens (primary N) is 1. The number of para-hydroxylation sites is 1. The minimum atomic E-state index is 0.912. The number of aromatic amines is 1. The number of benzene rings is 2. The van der Waals surface area contributed by atoms with Crippen LogP contribution in [0, 0.1) is 0 Å². The molecule has 0 saturated carbocycles. The van der Waals surface area contributed by atoms with E-state index in [2.05, 4.69) is 42.2 Å². The van der Waals surface area contributed by atoms with Crippen molar-refractivity contribution in [2.45, 2.75) is 32.6 Å². The molecule has 0 amide bonds. The van der Waals surface area contributed by atoms with Gasteiger partial charge in [0.05, 0.1) is 5.52 Å². The van der Waals surface area contributed by atoms with Crippen LogP contribution in [0.15, 0.2) is 36.4 Å². The van der Waals surface area contributed by atoms with E-state index in [9.17, 15) is 0 Å². The van der Waals surface area contributed by atoms with Gasteiger partial charge in [0.25, 0.3) is 0 Å². The lowest BCUT2D eigenvalue weighted by atomic mass is 10.0. The van der Waals surface area contributed by atoms with Crippen molar-refractivity contribution >= 4 is 27.5 Å². The number of nitrogens with one attached hydrogen (secondary N) is 1. The van der Waals surface area contributed by atoms with Crippen molar-refractivity contribution in [3.05, 3.63) is 42.0 Å². The molecule has 0 radical (unpaired) electrons. The molecule has 2 aromatic carbocycles. The van der Waals surface area contributed by atoms with E-state index >= 15 is 0 Å². The maximum atomic E-state index is 6.17. The van der Waals surface area contributed by atoms with Crippen LogP contribution in [0.1, 0.15) is 31.7 Å². The summed E-state index contributed by atoms with van der Waals surface area (Å²) in [6, 6.07) is 12.6. The molecule has 0 unspecified atom stereocenters. The molecule has 3 rings (SSSR count). The number of hydrogen-bond acceptors (Lipinski definition) is 1. The summed E-state index contributed by atoms with van der Waals surface area (Å²) in [5, 5.41) is 2.57. The highest BCUT2D eigenvalue weighted by Crippen LogP contribution is 2.31. The molecule has 3 N–H and O–H groups in total. The monoisotopic (exact) mass is 252 g/mol. The van der Waals surface area contributed by atoms with Gasteiger partial charge in [-0.25, -0.2) is 0 Å². The molecule has 19 heavy (non-hydrogen) atoms. The number of hydrogen-bond donors (Lipinski definition) is 2. The molecule has 0 saturated heterocycles. The smallest absolute Gasteiger partial charge is 0.0518 e. The number of nitrogen functional groups attached to an aromatic ring is 1. The topological polar surface area (TPSA) is 41.8 Å². The Morgan fingerprint density at radius 1 is 1.00 bits per heavy atom. The number of aryl methyl sites for hydroxylation is 1. The summed E-state index contributed by atoms with van der Waals surface area (Å²) in [6.07, 6.45) is 4.76. The summed E-state index contributed by atoms with van der Waals surface area (Å²) in [5.74, 6) is 0. The highest BCUT2D eigenvalue weighted by atomic mass is 14.7. The van der Waals surface area contributed by atoms with Gasteiger partial charge in [-0.15, -0.1) is 0 Å². The number of aromatic nitrogens is 1. The van der Waals surface area contributed by atoms with Crippen molar-refractivity contribution in [1.82, 2.24) is 4.98 Å². The van der Waals surface area contributed by atoms with Gasteiger partial charge in [0.1, 0.15) is 0 Å². The summed E-state index contributed by atoms with van der Waals surface area (Å²) in [5.41, 5.74) is 10.8. The van der Waals surface area contributed by atoms with Gasteiger partial charge in [-0.3, -0.25) is 0 Å². The Morgan fingerprint density at radius 3 is 2.68 bits per heavy atom. The molecule has 2 heteroatoms. The van der Waals surface area contributed by atoms with Gasteiger partial charge in [0.15, 0.2) is 0 Å². The van der Waals surface area contributed by atoms with Crippen molar-refractivity contribution in [2.75, 3.05) is 5.73 Å². The third-order valence-electron chi connectivity index (χ3n) is 3.86. The first-order chi connectivity index (χ1) is 9.31. The molecule has 0 aliphatic rings. The van der Waals surface area contributed by atoms with E-state index < -0.39 is 0 Å². The van der Waals surface area contributed by atoms with Crippen LogP contribution in [0.25, 0.3) is 21.8 Å². The summed E-state index contributed by atoms with van der Waals surface area (Å²) < 4.78 is 0. The fraction of sp³-hybridized carbons (Fsp3) is 0.294. The minimum Gasteiger partial charge on any atom is -0.398 e. The number of fused-ring (bicyclic) bond motifs is 3. The summed E-state index contributed by atoms with van der Waals surface area (Å²) in [4.78, 5) is 3.53. The predicted octanol–water partition coefficient (Wildman–Crippen LogP) is 4.64. The van der Waals surface area contributed by atoms with Crippen molar-refractivity contribution in [2.24, 2.45) is 0 Å². The summed E-state index contributed by atoms with van der Waals surface area (Å²) in [6.45, 7) is 2.23. The van der Waals surface area contributed by atoms with E-state index in [-0.39, 0.29) is 0 Å². The van der Waals surface area contributed by atoms with Crippen LogP contribution >= 0.6 is 0 Å². The Morgan fingerprint density at radius 2 is 1.84 bits per heavy atom. The van der Waals surface area contributed by atoms with E-state index in [4.69, 9.17) is 5.73 Å². The zero-order valence-electron chi connectivity index (χ0n) is 11.4. The zero-order valence-corrected chi connectivity index (χ0v) is 11.4. The Labute approximate surface area is 113 Å². The number of H-pyrrole nitrogens is 1. The standard InChI is InChI=1S/C17H20N2/c1-2-3-4-8-14-15(18)11-10-13-12-7-5-6-9-16(12)19-17(13)14/h5-7,9-11,19H,2-4,8,18H2,1H3. The van der Waals surface area contributed by atoms with Gasteiger partial charge in [0.2, 0.25) is 0 Å². The predicted molar refractivity (Wildman–Crippen MR) is 83.4 cm³/mol. The quantitative estimate of drug-likeness (QED) is 0.515. The average molecular weight is 252 g/mol. The van der Waals surface area contributed by atoms with Gasteiger partial charge >= 0.3 is 0 Å². The largest absolute Gasteiger partial charge is 0.398 e. The van der Waals surface area contributed by atoms with Gasteiger partial charge < -0.3 is 10.7 Å². The molecule has 3 aromatic rings. The summed E-state index contributed by atoms with van der Waals surface area (Å²) in [7, 11) is 0. The molecule has 0 spiro atoms. The van der Waals surface area contributed by atoms with Crippen LogP contribution in [0.2, 0.25) is 0 Å². The summed E-state index contributed by atoms with van der Waals surface area (Å²) >= 11 is 0.